The fraction of sp³-hybridized carbons (Fsp3) is 0.636. The van der Waals surface area contributed by atoms with Crippen molar-refractivity contribution < 1.29 is 52.5 Å². The molecule has 0 aromatic carbocycles. The molecule has 0 saturated heterocycles. The van der Waals surface area contributed by atoms with E-state index in [9.17, 15) is 38.4 Å². The van der Waals surface area contributed by atoms with E-state index in [2.05, 4.69) is 9.97 Å². The van der Waals surface area contributed by atoms with Crippen LogP contribution in [-0.2, 0) is 35.0 Å². The van der Waals surface area contributed by atoms with Crippen molar-refractivity contribution in [2.45, 2.75) is 138 Å². The molecule has 19 nitrogen and oxygen atoms in total. The molecule has 0 aliphatic carbocycles. The van der Waals surface area contributed by atoms with Crippen molar-refractivity contribution in [3.05, 3.63) is 20.8 Å². The number of carbonyl (C=O) groups is 6. The number of amides is 4. The lowest BCUT2D eigenvalue weighted by Gasteiger charge is -2.30. The lowest BCUT2D eigenvalue weighted by molar-refractivity contribution is -0.108. The van der Waals surface area contributed by atoms with Crippen LogP contribution in [-0.4, -0.2) is 83.9 Å². The molecular formula is C33H48N6O13. The average Bonchev–Trinajstić information content (AvgIpc) is 2.85. The summed E-state index contributed by atoms with van der Waals surface area (Å²) in [4.78, 5) is 117. The lowest BCUT2D eigenvalue weighted by Crippen LogP contribution is -2.49. The van der Waals surface area contributed by atoms with Crippen molar-refractivity contribution in [1.82, 2.24) is 19.1 Å². The molecule has 2 rings (SSSR count). The summed E-state index contributed by atoms with van der Waals surface area (Å²) in [5, 5.41) is -0.902. The SMILES string of the molecule is CC(C)(C)OC(=O)N(C(=O)OC(C)(C)C)c1nc(N(C(=O)OC(C)(C)C)C(=O)OC(C)(C)C)c2c(=O)n(C(=O)OC(C)(C)C)c(=O)n(CC=O)c2n1. The number of anilines is 2. The molecular weight excluding hydrogens is 688 g/mol. The zero-order chi connectivity index (χ0) is 40.5. The molecule has 0 N–H and O–H groups in total. The van der Waals surface area contributed by atoms with Gasteiger partial charge in [-0.05, 0) is 104 Å². The van der Waals surface area contributed by atoms with E-state index in [0.717, 1.165) is 0 Å². The highest BCUT2D eigenvalue weighted by Crippen LogP contribution is 2.29. The zero-order valence-corrected chi connectivity index (χ0v) is 32.3. The molecule has 0 spiro atoms. The third-order valence-electron chi connectivity index (χ3n) is 5.50. The number of hydrogen-bond acceptors (Lipinski definition) is 15. The largest absolute Gasteiger partial charge is 0.443 e. The molecule has 0 saturated carbocycles. The van der Waals surface area contributed by atoms with Crippen molar-refractivity contribution >= 4 is 59.6 Å². The molecule has 0 atom stereocenters. The molecule has 4 amide bonds. The van der Waals surface area contributed by atoms with Gasteiger partial charge in [-0.1, -0.05) is 0 Å². The molecule has 2 heterocycles. The second-order valence-corrected chi connectivity index (χ2v) is 16.3. The molecule has 2 aromatic rings. The Morgan fingerprint density at radius 3 is 1.31 bits per heavy atom. The number of imide groups is 2. The minimum absolute atomic E-state index is 0.00544. The Labute approximate surface area is 300 Å². The number of hydrogen-bond donors (Lipinski definition) is 0. The van der Waals surface area contributed by atoms with Crippen LogP contribution in [0.1, 0.15) is 104 Å². The standard InChI is InChI=1S/C33H48N6O13/c1-29(2,3)48-24(43)37(25(44)49-30(4,5)6)20-18-19(36(16-17-40)23(42)38(21(18)41)26(45)50-31(7,8)9)34-22(35-20)39(27(46)51-32(10,11)12)28(47)52-33(13,14)15/h17H,16H2,1-15H3. The van der Waals surface area contributed by atoms with Crippen molar-refractivity contribution in [2.24, 2.45) is 0 Å². The van der Waals surface area contributed by atoms with Crippen molar-refractivity contribution in [3.8, 4) is 0 Å². The fourth-order valence-corrected chi connectivity index (χ4v) is 3.91. The van der Waals surface area contributed by atoms with Gasteiger partial charge in [-0.25, -0.2) is 28.8 Å². The average molecular weight is 737 g/mol. The summed E-state index contributed by atoms with van der Waals surface area (Å²) < 4.78 is 27.5. The predicted molar refractivity (Wildman–Crippen MR) is 186 cm³/mol. The van der Waals surface area contributed by atoms with E-state index in [1.807, 2.05) is 0 Å². The van der Waals surface area contributed by atoms with Gasteiger partial charge in [0.15, 0.2) is 11.5 Å². The quantitative estimate of drug-likeness (QED) is 0.287. The van der Waals surface area contributed by atoms with Gasteiger partial charge in [0.05, 0.1) is 6.54 Å². The summed E-state index contributed by atoms with van der Waals surface area (Å²) >= 11 is 0. The summed E-state index contributed by atoms with van der Waals surface area (Å²) in [7, 11) is 0. The minimum atomic E-state index is -1.52. The Morgan fingerprint density at radius 1 is 0.596 bits per heavy atom. The summed E-state index contributed by atoms with van der Waals surface area (Å²) in [6, 6.07) is 0. The number of carbonyl (C=O) groups excluding carboxylic acids is 6. The minimum Gasteiger partial charge on any atom is -0.443 e. The van der Waals surface area contributed by atoms with Crippen LogP contribution in [0.2, 0.25) is 0 Å². The van der Waals surface area contributed by atoms with Gasteiger partial charge in [0, 0.05) is 0 Å². The van der Waals surface area contributed by atoms with Gasteiger partial charge >= 0.3 is 36.2 Å². The molecule has 0 fully saturated rings. The first-order valence-corrected chi connectivity index (χ1v) is 16.0. The van der Waals surface area contributed by atoms with Gasteiger partial charge in [0.25, 0.3) is 5.56 Å². The molecule has 19 heteroatoms. The van der Waals surface area contributed by atoms with Crippen LogP contribution in [0.4, 0.5) is 35.7 Å². The summed E-state index contributed by atoms with van der Waals surface area (Å²) in [5.41, 5.74) is -10.0. The van der Waals surface area contributed by atoms with E-state index in [4.69, 9.17) is 23.7 Å². The highest BCUT2D eigenvalue weighted by Gasteiger charge is 2.41. The highest BCUT2D eigenvalue weighted by molar-refractivity contribution is 6.14. The van der Waals surface area contributed by atoms with E-state index in [1.54, 1.807) is 0 Å². The van der Waals surface area contributed by atoms with E-state index < -0.39 is 99.1 Å². The molecule has 52 heavy (non-hydrogen) atoms. The monoisotopic (exact) mass is 736 g/mol. The zero-order valence-electron chi connectivity index (χ0n) is 32.3. The fourth-order valence-electron chi connectivity index (χ4n) is 3.91. The molecule has 0 aliphatic heterocycles. The third-order valence-corrected chi connectivity index (χ3v) is 5.50. The van der Waals surface area contributed by atoms with Crippen LogP contribution in [0.15, 0.2) is 9.59 Å². The summed E-state index contributed by atoms with van der Waals surface area (Å²) in [6.07, 6.45) is -7.08. The Balaban J connectivity index is 3.41. The van der Waals surface area contributed by atoms with Crippen molar-refractivity contribution in [1.29, 1.82) is 0 Å². The number of aldehydes is 1. The van der Waals surface area contributed by atoms with Gasteiger partial charge in [-0.3, -0.25) is 9.36 Å². The number of ether oxygens (including phenoxy) is 5. The molecule has 0 radical (unpaired) electrons. The Kier molecular flexibility index (Phi) is 12.1. The summed E-state index contributed by atoms with van der Waals surface area (Å²) in [5.74, 6) is -2.01. The maximum absolute atomic E-state index is 14.3. The first-order chi connectivity index (χ1) is 23.3. The maximum Gasteiger partial charge on any atom is 0.427 e. The Hall–Kier alpha value is -5.36. The van der Waals surface area contributed by atoms with Gasteiger partial charge < -0.3 is 28.5 Å². The van der Waals surface area contributed by atoms with Crippen LogP contribution < -0.4 is 21.0 Å². The van der Waals surface area contributed by atoms with E-state index in [0.29, 0.717) is 4.57 Å². The summed E-state index contributed by atoms with van der Waals surface area (Å²) in [6.45, 7) is 21.2. The molecule has 0 unspecified atom stereocenters. The molecule has 0 bridgehead atoms. The Bertz CT molecular complexity index is 1820. The normalized spacial score (nSPS) is 12.4. The predicted octanol–water partition coefficient (Wildman–Crippen LogP) is 5.29. The number of fused-ring (bicyclic) bond motifs is 1. The van der Waals surface area contributed by atoms with E-state index in [1.165, 1.54) is 104 Å². The van der Waals surface area contributed by atoms with Gasteiger partial charge in [0.1, 0.15) is 39.7 Å². The third kappa shape index (κ3) is 11.3. The smallest absolute Gasteiger partial charge is 0.427 e. The van der Waals surface area contributed by atoms with Crippen LogP contribution in [0.25, 0.3) is 11.0 Å². The van der Waals surface area contributed by atoms with Crippen LogP contribution >= 0.6 is 0 Å². The van der Waals surface area contributed by atoms with E-state index in [-0.39, 0.29) is 20.7 Å². The first-order valence-electron chi connectivity index (χ1n) is 16.0. The molecule has 288 valence electrons. The molecule has 2 aromatic heterocycles. The molecule has 0 aliphatic rings. The topological polar surface area (TPSA) is 225 Å². The van der Waals surface area contributed by atoms with Crippen molar-refractivity contribution in [2.75, 3.05) is 9.80 Å². The second-order valence-electron chi connectivity index (χ2n) is 16.3. The van der Waals surface area contributed by atoms with E-state index >= 15 is 0 Å². The first kappa shape index (κ1) is 42.8. The second kappa shape index (κ2) is 14.7. The highest BCUT2D eigenvalue weighted by atomic mass is 16.6. The maximum atomic E-state index is 14.3. The number of nitrogens with zero attached hydrogens (tertiary/aromatic N) is 6. The van der Waals surface area contributed by atoms with Gasteiger partial charge in [-0.2, -0.15) is 19.4 Å². The van der Waals surface area contributed by atoms with Crippen LogP contribution in [0.3, 0.4) is 0 Å². The van der Waals surface area contributed by atoms with Gasteiger partial charge in [0.2, 0.25) is 5.95 Å². The van der Waals surface area contributed by atoms with Crippen LogP contribution in [0.5, 0.6) is 0 Å². The van der Waals surface area contributed by atoms with Crippen molar-refractivity contribution in [3.63, 3.8) is 0 Å². The Morgan fingerprint density at radius 2 is 0.962 bits per heavy atom. The lowest BCUT2D eigenvalue weighted by atomic mass is 10.2. The van der Waals surface area contributed by atoms with Gasteiger partial charge in [-0.15, -0.1) is 4.90 Å². The number of rotatable bonds is 4. The number of aromatic nitrogens is 4. The van der Waals surface area contributed by atoms with Crippen LogP contribution in [0, 0.1) is 0 Å².